The molecule has 118 valence electrons. The third-order valence-electron chi connectivity index (χ3n) is 5.19. The van der Waals surface area contributed by atoms with Crippen molar-refractivity contribution in [3.05, 3.63) is 35.9 Å². The average molecular weight is 290 g/mol. The SMILES string of the molecule is CCN(CCOC)C1(CN)CCC(c2ccccc2)CC1. The summed E-state index contributed by atoms with van der Waals surface area (Å²) >= 11 is 0. The Morgan fingerprint density at radius 1 is 1.24 bits per heavy atom. The number of ether oxygens (including phenoxy) is 1. The van der Waals surface area contributed by atoms with Crippen molar-refractivity contribution in [3.8, 4) is 0 Å². The Morgan fingerprint density at radius 3 is 2.43 bits per heavy atom. The summed E-state index contributed by atoms with van der Waals surface area (Å²) in [5.41, 5.74) is 7.86. The Bertz CT molecular complexity index is 399. The molecule has 2 N–H and O–H groups in total. The molecule has 1 aliphatic carbocycles. The maximum absolute atomic E-state index is 6.19. The van der Waals surface area contributed by atoms with Crippen LogP contribution in [-0.2, 0) is 4.74 Å². The lowest BCUT2D eigenvalue weighted by molar-refractivity contribution is 0.0336. The molecule has 1 fully saturated rings. The molecule has 0 aromatic heterocycles. The smallest absolute Gasteiger partial charge is 0.0589 e. The molecule has 0 saturated heterocycles. The molecule has 0 atom stereocenters. The van der Waals surface area contributed by atoms with Crippen LogP contribution < -0.4 is 5.73 Å². The first-order valence-electron chi connectivity index (χ1n) is 8.24. The summed E-state index contributed by atoms with van der Waals surface area (Å²) in [6, 6.07) is 10.9. The van der Waals surface area contributed by atoms with Crippen molar-refractivity contribution in [2.75, 3.05) is 33.4 Å². The van der Waals surface area contributed by atoms with Crippen molar-refractivity contribution in [2.45, 2.75) is 44.1 Å². The van der Waals surface area contributed by atoms with Crippen molar-refractivity contribution in [2.24, 2.45) is 5.73 Å². The van der Waals surface area contributed by atoms with E-state index in [2.05, 4.69) is 42.2 Å². The van der Waals surface area contributed by atoms with Gasteiger partial charge in [-0.25, -0.2) is 0 Å². The van der Waals surface area contributed by atoms with E-state index in [0.29, 0.717) is 5.92 Å². The minimum absolute atomic E-state index is 0.179. The van der Waals surface area contributed by atoms with E-state index in [-0.39, 0.29) is 5.54 Å². The first-order chi connectivity index (χ1) is 10.3. The molecule has 1 aromatic rings. The Balaban J connectivity index is 2.01. The van der Waals surface area contributed by atoms with Crippen LogP contribution in [0.1, 0.15) is 44.1 Å². The highest BCUT2D eigenvalue weighted by molar-refractivity contribution is 5.20. The second-order valence-corrected chi connectivity index (χ2v) is 6.19. The van der Waals surface area contributed by atoms with Gasteiger partial charge in [-0.3, -0.25) is 4.90 Å². The summed E-state index contributed by atoms with van der Waals surface area (Å²) < 4.78 is 5.26. The van der Waals surface area contributed by atoms with Gasteiger partial charge in [0, 0.05) is 25.7 Å². The molecule has 1 aliphatic rings. The van der Waals surface area contributed by atoms with E-state index in [1.807, 2.05) is 0 Å². The lowest BCUT2D eigenvalue weighted by atomic mass is 9.73. The van der Waals surface area contributed by atoms with Gasteiger partial charge in [0.25, 0.3) is 0 Å². The third kappa shape index (κ3) is 3.85. The summed E-state index contributed by atoms with van der Waals surface area (Å²) in [5.74, 6) is 0.701. The third-order valence-corrected chi connectivity index (χ3v) is 5.19. The van der Waals surface area contributed by atoms with Crippen LogP contribution in [-0.4, -0.2) is 43.8 Å². The Labute approximate surface area is 129 Å². The molecule has 0 aliphatic heterocycles. The number of nitrogens with two attached hydrogens (primary N) is 1. The van der Waals surface area contributed by atoms with E-state index in [1.165, 1.54) is 31.2 Å². The molecule has 0 spiro atoms. The molecule has 0 heterocycles. The number of benzene rings is 1. The number of likely N-dealkylation sites (N-methyl/N-ethyl adjacent to an activating group) is 1. The van der Waals surface area contributed by atoms with E-state index in [9.17, 15) is 0 Å². The van der Waals surface area contributed by atoms with Crippen molar-refractivity contribution >= 4 is 0 Å². The van der Waals surface area contributed by atoms with Gasteiger partial charge in [-0.05, 0) is 43.7 Å². The van der Waals surface area contributed by atoms with Gasteiger partial charge in [-0.1, -0.05) is 37.3 Å². The highest BCUT2D eigenvalue weighted by Gasteiger charge is 2.38. The van der Waals surface area contributed by atoms with Crippen LogP contribution in [0.5, 0.6) is 0 Å². The van der Waals surface area contributed by atoms with Gasteiger partial charge < -0.3 is 10.5 Å². The quantitative estimate of drug-likeness (QED) is 0.839. The minimum Gasteiger partial charge on any atom is -0.383 e. The minimum atomic E-state index is 0.179. The standard InChI is InChI=1S/C18H30N2O/c1-3-20(13-14-21-2)18(15-19)11-9-17(10-12-18)16-7-5-4-6-8-16/h4-8,17H,3,9-15,19H2,1-2H3. The number of methoxy groups -OCH3 is 1. The van der Waals surface area contributed by atoms with Gasteiger partial charge in [-0.2, -0.15) is 0 Å². The van der Waals surface area contributed by atoms with Crippen molar-refractivity contribution in [1.29, 1.82) is 0 Å². The zero-order valence-corrected chi connectivity index (χ0v) is 13.6. The van der Waals surface area contributed by atoms with Gasteiger partial charge >= 0.3 is 0 Å². The molecule has 0 radical (unpaired) electrons. The fraction of sp³-hybridized carbons (Fsp3) is 0.667. The van der Waals surface area contributed by atoms with Crippen molar-refractivity contribution in [3.63, 3.8) is 0 Å². The summed E-state index contributed by atoms with van der Waals surface area (Å²) in [4.78, 5) is 2.54. The van der Waals surface area contributed by atoms with Gasteiger partial charge in [-0.15, -0.1) is 0 Å². The molecule has 21 heavy (non-hydrogen) atoms. The number of rotatable bonds is 7. The van der Waals surface area contributed by atoms with Crippen LogP contribution in [0.3, 0.4) is 0 Å². The molecule has 2 rings (SSSR count). The van der Waals surface area contributed by atoms with E-state index in [0.717, 1.165) is 26.2 Å². The van der Waals surface area contributed by atoms with Crippen LogP contribution in [0.15, 0.2) is 30.3 Å². The van der Waals surface area contributed by atoms with Gasteiger partial charge in [0.1, 0.15) is 0 Å². The highest BCUT2D eigenvalue weighted by Crippen LogP contribution is 2.40. The van der Waals surface area contributed by atoms with Crippen molar-refractivity contribution in [1.82, 2.24) is 4.90 Å². The van der Waals surface area contributed by atoms with E-state index in [4.69, 9.17) is 10.5 Å². The summed E-state index contributed by atoms with van der Waals surface area (Å²) in [6.45, 7) is 5.82. The second kappa shape index (κ2) is 7.92. The van der Waals surface area contributed by atoms with Crippen LogP contribution in [0.4, 0.5) is 0 Å². The predicted molar refractivity (Wildman–Crippen MR) is 88.6 cm³/mol. The lowest BCUT2D eigenvalue weighted by Gasteiger charge is -2.47. The van der Waals surface area contributed by atoms with E-state index >= 15 is 0 Å². The van der Waals surface area contributed by atoms with Crippen LogP contribution in [0, 0.1) is 0 Å². The molecule has 0 amide bonds. The molecule has 0 bridgehead atoms. The van der Waals surface area contributed by atoms with Crippen molar-refractivity contribution < 1.29 is 4.74 Å². The first-order valence-corrected chi connectivity index (χ1v) is 8.24. The molecule has 1 saturated carbocycles. The Kier molecular flexibility index (Phi) is 6.22. The molecule has 1 aromatic carbocycles. The first kappa shape index (κ1) is 16.5. The average Bonchev–Trinajstić information content (AvgIpc) is 2.57. The summed E-state index contributed by atoms with van der Waals surface area (Å²) in [5, 5.41) is 0. The molecule has 3 heteroatoms. The fourth-order valence-electron chi connectivity index (χ4n) is 3.80. The normalized spacial score (nSPS) is 26.2. The predicted octanol–water partition coefficient (Wildman–Crippen LogP) is 3.01. The summed E-state index contributed by atoms with van der Waals surface area (Å²) in [7, 11) is 1.77. The number of hydrogen-bond acceptors (Lipinski definition) is 3. The maximum Gasteiger partial charge on any atom is 0.0589 e. The van der Waals surface area contributed by atoms with Crippen LogP contribution >= 0.6 is 0 Å². The second-order valence-electron chi connectivity index (χ2n) is 6.19. The van der Waals surface area contributed by atoms with Crippen LogP contribution in [0.25, 0.3) is 0 Å². The topological polar surface area (TPSA) is 38.5 Å². The highest BCUT2D eigenvalue weighted by atomic mass is 16.5. The monoisotopic (exact) mass is 290 g/mol. The zero-order valence-electron chi connectivity index (χ0n) is 13.6. The Hall–Kier alpha value is -0.900. The van der Waals surface area contributed by atoms with E-state index < -0.39 is 0 Å². The summed E-state index contributed by atoms with van der Waals surface area (Å²) in [6.07, 6.45) is 4.87. The molecule has 3 nitrogen and oxygen atoms in total. The molecule has 0 unspecified atom stereocenters. The van der Waals surface area contributed by atoms with Crippen LogP contribution in [0.2, 0.25) is 0 Å². The Morgan fingerprint density at radius 2 is 1.90 bits per heavy atom. The van der Waals surface area contributed by atoms with Gasteiger partial charge in [0.2, 0.25) is 0 Å². The van der Waals surface area contributed by atoms with Gasteiger partial charge in [0.05, 0.1) is 6.61 Å². The number of hydrogen-bond donors (Lipinski definition) is 1. The van der Waals surface area contributed by atoms with E-state index in [1.54, 1.807) is 7.11 Å². The molecular formula is C18H30N2O. The van der Waals surface area contributed by atoms with Gasteiger partial charge in [0.15, 0.2) is 0 Å². The lowest BCUT2D eigenvalue weighted by Crippen LogP contribution is -2.56. The zero-order chi connectivity index (χ0) is 15.1. The number of nitrogens with zero attached hydrogens (tertiary/aromatic N) is 1. The largest absolute Gasteiger partial charge is 0.383 e. The molecular weight excluding hydrogens is 260 g/mol. The maximum atomic E-state index is 6.19. The fourth-order valence-corrected chi connectivity index (χ4v) is 3.80.